The van der Waals surface area contributed by atoms with E-state index in [1.807, 2.05) is 6.92 Å². The molecule has 0 N–H and O–H groups in total. The molecular weight excluding hydrogens is 448 g/mol. The Labute approximate surface area is 200 Å². The molecule has 0 bridgehead atoms. The number of hydrogen-bond acceptors (Lipinski definition) is 9. The van der Waals surface area contributed by atoms with E-state index in [1.165, 1.54) is 6.08 Å². The van der Waals surface area contributed by atoms with E-state index in [4.69, 9.17) is 18.0 Å². The highest BCUT2D eigenvalue weighted by atomic mass is 28.4. The monoisotopic (exact) mass is 490 g/mol. The predicted octanol–water partition coefficient (Wildman–Crippen LogP) is 4.02. The molecule has 0 atom stereocenters. The molecule has 0 rings (SSSR count). The van der Waals surface area contributed by atoms with Crippen LogP contribution in [-0.2, 0) is 41.9 Å². The van der Waals surface area contributed by atoms with Crippen LogP contribution in [0.25, 0.3) is 0 Å². The zero-order valence-electron chi connectivity index (χ0n) is 21.3. The first-order valence-electron chi connectivity index (χ1n) is 10.6. The van der Waals surface area contributed by atoms with Gasteiger partial charge < -0.3 is 27.5 Å². The number of esters is 3. The van der Waals surface area contributed by atoms with Crippen LogP contribution in [0.5, 0.6) is 0 Å². The first-order chi connectivity index (χ1) is 15.5. The van der Waals surface area contributed by atoms with Gasteiger partial charge in [-0.25, -0.2) is 14.4 Å². The molecule has 0 unspecified atom stereocenters. The molecule has 0 aromatic carbocycles. The number of hydrogen-bond donors (Lipinski definition) is 0. The summed E-state index contributed by atoms with van der Waals surface area (Å²) in [4.78, 5) is 31.8. The lowest BCUT2D eigenvalue weighted by Gasteiger charge is -2.24. The lowest BCUT2D eigenvalue weighted by atomic mass is 10.4. The summed E-state index contributed by atoms with van der Waals surface area (Å²) in [5.74, 6) is -1.02. The number of unbranched alkanes of at least 4 members (excludes halogenated alkanes) is 1. The van der Waals surface area contributed by atoms with Crippen LogP contribution < -0.4 is 0 Å². The molecule has 0 fully saturated rings. The molecule has 0 radical (unpaired) electrons. The fourth-order valence-corrected chi connectivity index (χ4v) is 3.45. The van der Waals surface area contributed by atoms with Gasteiger partial charge in [-0.05, 0) is 33.6 Å². The van der Waals surface area contributed by atoms with Crippen LogP contribution in [0.4, 0.5) is 0 Å². The van der Waals surface area contributed by atoms with E-state index in [1.54, 1.807) is 42.1 Å². The second kappa shape index (κ2) is 22.9. The van der Waals surface area contributed by atoms with Crippen molar-refractivity contribution in [3.05, 3.63) is 37.0 Å². The van der Waals surface area contributed by atoms with Gasteiger partial charge in [-0.3, -0.25) is 0 Å². The highest BCUT2D eigenvalue weighted by Gasteiger charge is 2.36. The van der Waals surface area contributed by atoms with E-state index in [2.05, 4.69) is 29.2 Å². The van der Waals surface area contributed by atoms with Crippen molar-refractivity contribution in [3.63, 3.8) is 0 Å². The van der Waals surface area contributed by atoms with Crippen molar-refractivity contribution in [2.75, 3.05) is 41.2 Å². The number of carbonyl (C=O) groups is 3. The van der Waals surface area contributed by atoms with Crippen LogP contribution in [0.15, 0.2) is 37.0 Å². The second-order valence-electron chi connectivity index (χ2n) is 6.54. The molecule has 9 nitrogen and oxygen atoms in total. The van der Waals surface area contributed by atoms with Crippen molar-refractivity contribution in [1.82, 2.24) is 0 Å². The number of ether oxygens (including phenoxy) is 3. The van der Waals surface area contributed by atoms with Crippen molar-refractivity contribution in [2.24, 2.45) is 0 Å². The highest BCUT2D eigenvalue weighted by Crippen LogP contribution is 2.14. The first kappa shape index (κ1) is 35.3. The fraction of sp³-hybridized carbons (Fsp3) is 0.609. The standard InChI is InChI=1S/C10H20O5Si.C7H12O2.C6H10O2/c1-9(2)10(11)15-7-6-8-16(12-3,13-4)14-5;1-3-5-6-9-7(8)4-2;1-4-8-6(7)5(2)3/h1,6-8H2,2-5H3;4H,2-3,5-6H2,1H3;2,4H2,1,3H3. The third kappa shape index (κ3) is 21.3. The van der Waals surface area contributed by atoms with Crippen molar-refractivity contribution >= 4 is 26.7 Å². The van der Waals surface area contributed by atoms with Crippen LogP contribution in [-0.4, -0.2) is 67.9 Å². The maximum absolute atomic E-state index is 11.1. The Hall–Kier alpha value is -2.27. The minimum Gasteiger partial charge on any atom is -0.463 e. The molecular formula is C23H42O9Si. The maximum Gasteiger partial charge on any atom is 0.500 e. The maximum atomic E-state index is 11.1. The van der Waals surface area contributed by atoms with E-state index in [0.29, 0.717) is 43.4 Å². The molecule has 0 spiro atoms. The van der Waals surface area contributed by atoms with Crippen molar-refractivity contribution in [3.8, 4) is 0 Å². The molecule has 0 aromatic heterocycles. The first-order valence-corrected chi connectivity index (χ1v) is 12.5. The fourth-order valence-electron chi connectivity index (χ4n) is 1.76. The summed E-state index contributed by atoms with van der Waals surface area (Å²) in [7, 11) is 2.13. The van der Waals surface area contributed by atoms with Crippen LogP contribution >= 0.6 is 0 Å². The van der Waals surface area contributed by atoms with Gasteiger partial charge in [0, 0.05) is 44.6 Å². The molecule has 0 amide bonds. The van der Waals surface area contributed by atoms with Gasteiger partial charge in [-0.15, -0.1) is 0 Å². The van der Waals surface area contributed by atoms with Gasteiger partial charge in [0.05, 0.1) is 19.8 Å². The molecule has 10 heteroatoms. The quantitative estimate of drug-likeness (QED) is 0.117. The van der Waals surface area contributed by atoms with Crippen LogP contribution in [0, 0.1) is 0 Å². The van der Waals surface area contributed by atoms with E-state index in [9.17, 15) is 14.4 Å². The molecule has 0 aliphatic rings. The summed E-state index contributed by atoms with van der Waals surface area (Å²) in [6.45, 7) is 18.5. The van der Waals surface area contributed by atoms with Crippen LogP contribution in [0.3, 0.4) is 0 Å². The summed E-state index contributed by atoms with van der Waals surface area (Å²) in [5.41, 5.74) is 0.848. The van der Waals surface area contributed by atoms with Crippen molar-refractivity contribution in [2.45, 2.75) is 53.0 Å². The molecule has 192 valence electrons. The third-order valence-electron chi connectivity index (χ3n) is 3.67. The van der Waals surface area contributed by atoms with Gasteiger partial charge >= 0.3 is 26.7 Å². The zero-order chi connectivity index (χ0) is 26.3. The summed E-state index contributed by atoms with van der Waals surface area (Å²) < 4.78 is 29.9. The van der Waals surface area contributed by atoms with Crippen molar-refractivity contribution in [1.29, 1.82) is 0 Å². The number of rotatable bonds is 14. The lowest BCUT2D eigenvalue weighted by molar-refractivity contribution is -0.139. The average molecular weight is 491 g/mol. The predicted molar refractivity (Wildman–Crippen MR) is 129 cm³/mol. The average Bonchev–Trinajstić information content (AvgIpc) is 2.80. The molecule has 0 saturated carbocycles. The van der Waals surface area contributed by atoms with Crippen LogP contribution in [0.1, 0.15) is 47.0 Å². The molecule has 0 heterocycles. The number of carbonyl (C=O) groups excluding carboxylic acids is 3. The molecule has 0 saturated heterocycles. The SMILES string of the molecule is C=C(C)C(=O)OCC.C=C(C)C(=O)OCCC[Si](OC)(OC)OC.C=CC(=O)OCCCC. The summed E-state index contributed by atoms with van der Waals surface area (Å²) in [5, 5.41) is 0. The summed E-state index contributed by atoms with van der Waals surface area (Å²) in [6, 6.07) is 0.611. The van der Waals surface area contributed by atoms with Gasteiger partial charge in [0.25, 0.3) is 0 Å². The topological polar surface area (TPSA) is 107 Å². The van der Waals surface area contributed by atoms with Gasteiger partial charge in [-0.2, -0.15) is 0 Å². The molecule has 33 heavy (non-hydrogen) atoms. The van der Waals surface area contributed by atoms with Gasteiger partial charge in [0.2, 0.25) is 0 Å². The Morgan fingerprint density at radius 3 is 1.58 bits per heavy atom. The van der Waals surface area contributed by atoms with Gasteiger partial charge in [-0.1, -0.05) is 33.1 Å². The van der Waals surface area contributed by atoms with Gasteiger partial charge in [0.15, 0.2) is 0 Å². The third-order valence-corrected chi connectivity index (χ3v) is 6.51. The van der Waals surface area contributed by atoms with Crippen LogP contribution in [0.2, 0.25) is 6.04 Å². The van der Waals surface area contributed by atoms with E-state index in [-0.39, 0.29) is 17.9 Å². The van der Waals surface area contributed by atoms with Gasteiger partial charge in [0.1, 0.15) is 0 Å². The molecule has 0 aromatic rings. The second-order valence-corrected chi connectivity index (χ2v) is 9.63. The van der Waals surface area contributed by atoms with E-state index < -0.39 is 8.80 Å². The Morgan fingerprint density at radius 1 is 0.788 bits per heavy atom. The highest BCUT2D eigenvalue weighted by molar-refractivity contribution is 6.60. The summed E-state index contributed by atoms with van der Waals surface area (Å²) in [6.07, 6.45) is 3.79. The minimum absolute atomic E-state index is 0.312. The Morgan fingerprint density at radius 2 is 1.24 bits per heavy atom. The summed E-state index contributed by atoms with van der Waals surface area (Å²) >= 11 is 0. The van der Waals surface area contributed by atoms with Crippen molar-refractivity contribution < 1.29 is 41.9 Å². The smallest absolute Gasteiger partial charge is 0.463 e. The van der Waals surface area contributed by atoms with E-state index >= 15 is 0 Å². The Bertz CT molecular complexity index is 590. The zero-order valence-corrected chi connectivity index (χ0v) is 22.3. The normalized spacial score (nSPS) is 9.79. The van der Waals surface area contributed by atoms with E-state index in [0.717, 1.165) is 12.8 Å². The Balaban J connectivity index is -0.000000449. The minimum atomic E-state index is -2.53. The lowest BCUT2D eigenvalue weighted by Crippen LogP contribution is -2.42. The Kier molecular flexibility index (Phi) is 24.5. The largest absolute Gasteiger partial charge is 0.500 e. The molecule has 0 aliphatic carbocycles. The molecule has 0 aliphatic heterocycles.